The van der Waals surface area contributed by atoms with E-state index < -0.39 is 0 Å². The van der Waals surface area contributed by atoms with Crippen LogP contribution in [-0.4, -0.2) is 35.7 Å². The molecular weight excluding hydrogens is 292 g/mol. The SMILES string of the molecule is COc1ccc(-c2cc(CC(=O)N3CCCC[C@H]3C)no2)cc1. The number of piperidine rings is 1. The average Bonchev–Trinajstić information content (AvgIpc) is 3.03. The maximum Gasteiger partial charge on any atom is 0.228 e. The van der Waals surface area contributed by atoms with Crippen LogP contribution in [0.5, 0.6) is 5.75 Å². The van der Waals surface area contributed by atoms with Gasteiger partial charge in [-0.15, -0.1) is 0 Å². The summed E-state index contributed by atoms with van der Waals surface area (Å²) in [6.07, 6.45) is 3.67. The summed E-state index contributed by atoms with van der Waals surface area (Å²) in [4.78, 5) is 14.4. The lowest BCUT2D eigenvalue weighted by Gasteiger charge is -2.33. The lowest BCUT2D eigenvalue weighted by molar-refractivity contribution is -0.133. The number of benzene rings is 1. The summed E-state index contributed by atoms with van der Waals surface area (Å²) in [6.45, 7) is 2.96. The van der Waals surface area contributed by atoms with Crippen LogP contribution in [0, 0.1) is 0 Å². The minimum absolute atomic E-state index is 0.131. The van der Waals surface area contributed by atoms with E-state index in [0.29, 0.717) is 23.9 Å². The molecule has 0 bridgehead atoms. The third kappa shape index (κ3) is 3.55. The van der Waals surface area contributed by atoms with E-state index in [0.717, 1.165) is 30.7 Å². The van der Waals surface area contributed by atoms with Gasteiger partial charge >= 0.3 is 0 Å². The molecule has 1 aliphatic rings. The Morgan fingerprint density at radius 1 is 1.35 bits per heavy atom. The van der Waals surface area contributed by atoms with Crippen LogP contribution < -0.4 is 4.74 Å². The highest BCUT2D eigenvalue weighted by molar-refractivity contribution is 5.79. The fraction of sp³-hybridized carbons (Fsp3) is 0.444. The minimum Gasteiger partial charge on any atom is -0.497 e. The Morgan fingerprint density at radius 3 is 2.83 bits per heavy atom. The van der Waals surface area contributed by atoms with Crippen molar-refractivity contribution in [1.82, 2.24) is 10.1 Å². The molecule has 3 rings (SSSR count). The maximum absolute atomic E-state index is 12.4. The molecule has 0 spiro atoms. The molecule has 1 saturated heterocycles. The van der Waals surface area contributed by atoms with E-state index in [4.69, 9.17) is 9.26 Å². The van der Waals surface area contributed by atoms with Gasteiger partial charge in [0.05, 0.1) is 19.2 Å². The van der Waals surface area contributed by atoms with Crippen molar-refractivity contribution < 1.29 is 14.1 Å². The monoisotopic (exact) mass is 314 g/mol. The zero-order chi connectivity index (χ0) is 16.2. The number of nitrogens with zero attached hydrogens (tertiary/aromatic N) is 2. The van der Waals surface area contributed by atoms with Gasteiger partial charge in [-0.2, -0.15) is 0 Å². The molecule has 0 N–H and O–H groups in total. The predicted octanol–water partition coefficient (Wildman–Crippen LogP) is 3.29. The topological polar surface area (TPSA) is 55.6 Å². The highest BCUT2D eigenvalue weighted by Crippen LogP contribution is 2.24. The van der Waals surface area contributed by atoms with Crippen molar-refractivity contribution in [3.63, 3.8) is 0 Å². The number of aromatic nitrogens is 1. The molecule has 23 heavy (non-hydrogen) atoms. The minimum atomic E-state index is 0.131. The van der Waals surface area contributed by atoms with Gasteiger partial charge in [0, 0.05) is 24.2 Å². The fourth-order valence-corrected chi connectivity index (χ4v) is 3.01. The summed E-state index contributed by atoms with van der Waals surface area (Å²) in [6, 6.07) is 9.74. The number of methoxy groups -OCH3 is 1. The average molecular weight is 314 g/mol. The van der Waals surface area contributed by atoms with E-state index in [2.05, 4.69) is 12.1 Å². The molecule has 2 heterocycles. The van der Waals surface area contributed by atoms with Crippen LogP contribution in [0.3, 0.4) is 0 Å². The van der Waals surface area contributed by atoms with Gasteiger partial charge in [-0.25, -0.2) is 0 Å². The van der Waals surface area contributed by atoms with Gasteiger partial charge in [0.25, 0.3) is 0 Å². The normalized spacial score (nSPS) is 18.0. The predicted molar refractivity (Wildman–Crippen MR) is 87.2 cm³/mol. The Balaban J connectivity index is 1.67. The van der Waals surface area contributed by atoms with E-state index in [1.165, 1.54) is 6.42 Å². The number of carbonyl (C=O) groups excluding carboxylic acids is 1. The molecule has 5 heteroatoms. The first-order valence-corrected chi connectivity index (χ1v) is 8.07. The van der Waals surface area contributed by atoms with Gasteiger partial charge in [0.2, 0.25) is 5.91 Å². The van der Waals surface area contributed by atoms with E-state index in [1.807, 2.05) is 35.2 Å². The summed E-state index contributed by atoms with van der Waals surface area (Å²) in [5.74, 6) is 1.59. The standard InChI is InChI=1S/C18H22N2O3/c1-13-5-3-4-10-20(13)18(21)12-15-11-17(23-19-15)14-6-8-16(22-2)9-7-14/h6-9,11,13H,3-5,10,12H2,1-2H3/t13-/m1/s1. The molecule has 0 radical (unpaired) electrons. The first-order chi connectivity index (χ1) is 11.2. The summed E-state index contributed by atoms with van der Waals surface area (Å²) in [5, 5.41) is 4.04. The fourth-order valence-electron chi connectivity index (χ4n) is 3.01. The largest absolute Gasteiger partial charge is 0.497 e. The van der Waals surface area contributed by atoms with Crippen molar-refractivity contribution in [2.75, 3.05) is 13.7 Å². The van der Waals surface area contributed by atoms with Gasteiger partial charge in [-0.1, -0.05) is 5.16 Å². The summed E-state index contributed by atoms with van der Waals surface area (Å²) in [5.41, 5.74) is 1.60. The summed E-state index contributed by atoms with van der Waals surface area (Å²) >= 11 is 0. The van der Waals surface area contributed by atoms with Gasteiger partial charge in [0.1, 0.15) is 5.75 Å². The van der Waals surface area contributed by atoms with Gasteiger partial charge in [0.15, 0.2) is 5.76 Å². The Morgan fingerprint density at radius 2 is 2.13 bits per heavy atom. The number of carbonyl (C=O) groups is 1. The highest BCUT2D eigenvalue weighted by atomic mass is 16.5. The Hall–Kier alpha value is -2.30. The zero-order valence-corrected chi connectivity index (χ0v) is 13.6. The second-order valence-corrected chi connectivity index (χ2v) is 6.02. The van der Waals surface area contributed by atoms with Gasteiger partial charge < -0.3 is 14.2 Å². The van der Waals surface area contributed by atoms with E-state index >= 15 is 0 Å². The highest BCUT2D eigenvalue weighted by Gasteiger charge is 2.24. The van der Waals surface area contributed by atoms with Crippen LogP contribution in [0.2, 0.25) is 0 Å². The van der Waals surface area contributed by atoms with Crippen LogP contribution in [0.15, 0.2) is 34.9 Å². The second-order valence-electron chi connectivity index (χ2n) is 6.02. The molecule has 122 valence electrons. The smallest absolute Gasteiger partial charge is 0.228 e. The molecule has 0 unspecified atom stereocenters. The molecule has 0 aliphatic carbocycles. The van der Waals surface area contributed by atoms with Crippen LogP contribution in [-0.2, 0) is 11.2 Å². The van der Waals surface area contributed by atoms with Crippen LogP contribution in [0.25, 0.3) is 11.3 Å². The van der Waals surface area contributed by atoms with E-state index in [9.17, 15) is 4.79 Å². The molecule has 1 atom stereocenters. The van der Waals surface area contributed by atoms with Crippen molar-refractivity contribution in [3.05, 3.63) is 36.0 Å². The van der Waals surface area contributed by atoms with Crippen molar-refractivity contribution >= 4 is 5.91 Å². The number of hydrogen-bond donors (Lipinski definition) is 0. The quantitative estimate of drug-likeness (QED) is 0.869. The van der Waals surface area contributed by atoms with Crippen molar-refractivity contribution in [3.8, 4) is 17.1 Å². The Bertz CT molecular complexity index is 663. The Kier molecular flexibility index (Phi) is 4.65. The molecular formula is C18H22N2O3. The number of rotatable bonds is 4. The number of likely N-dealkylation sites (tertiary alicyclic amines) is 1. The number of amides is 1. The number of ether oxygens (including phenoxy) is 1. The van der Waals surface area contributed by atoms with Crippen molar-refractivity contribution in [2.24, 2.45) is 0 Å². The second kappa shape index (κ2) is 6.86. The van der Waals surface area contributed by atoms with Crippen molar-refractivity contribution in [1.29, 1.82) is 0 Å². The molecule has 1 aliphatic heterocycles. The molecule has 2 aromatic rings. The molecule has 5 nitrogen and oxygen atoms in total. The number of hydrogen-bond acceptors (Lipinski definition) is 4. The van der Waals surface area contributed by atoms with Crippen molar-refractivity contribution in [2.45, 2.75) is 38.6 Å². The molecule has 1 amide bonds. The van der Waals surface area contributed by atoms with E-state index in [1.54, 1.807) is 7.11 Å². The molecule has 1 aromatic heterocycles. The Labute approximate surface area is 136 Å². The first-order valence-electron chi connectivity index (χ1n) is 8.07. The molecule has 1 aromatic carbocycles. The van der Waals surface area contributed by atoms with E-state index in [-0.39, 0.29) is 5.91 Å². The zero-order valence-electron chi connectivity index (χ0n) is 13.6. The molecule has 1 fully saturated rings. The first kappa shape index (κ1) is 15.6. The lowest BCUT2D eigenvalue weighted by Crippen LogP contribution is -2.42. The third-order valence-corrected chi connectivity index (χ3v) is 4.39. The maximum atomic E-state index is 12.4. The van der Waals surface area contributed by atoms with Gasteiger partial charge in [-0.05, 0) is 50.5 Å². The summed E-state index contributed by atoms with van der Waals surface area (Å²) in [7, 11) is 1.63. The molecule has 0 saturated carbocycles. The lowest BCUT2D eigenvalue weighted by atomic mass is 10.0. The third-order valence-electron chi connectivity index (χ3n) is 4.39. The van der Waals surface area contributed by atoms with Crippen LogP contribution in [0.1, 0.15) is 31.9 Å². The van der Waals surface area contributed by atoms with Crippen LogP contribution >= 0.6 is 0 Å². The van der Waals surface area contributed by atoms with Crippen LogP contribution in [0.4, 0.5) is 0 Å². The van der Waals surface area contributed by atoms with Gasteiger partial charge in [-0.3, -0.25) is 4.79 Å². The summed E-state index contributed by atoms with van der Waals surface area (Å²) < 4.78 is 10.5.